The number of furan rings is 1. The predicted molar refractivity (Wildman–Crippen MR) is 56.5 cm³/mol. The minimum absolute atomic E-state index is 0.507. The molecule has 4 nitrogen and oxygen atoms in total. The van der Waals surface area contributed by atoms with Crippen molar-refractivity contribution in [1.29, 1.82) is 0 Å². The van der Waals surface area contributed by atoms with Crippen LogP contribution in [0.4, 0.5) is 0 Å². The summed E-state index contributed by atoms with van der Waals surface area (Å²) in [5.41, 5.74) is 0.331. The topological polar surface area (TPSA) is 53.7 Å². The summed E-state index contributed by atoms with van der Waals surface area (Å²) in [4.78, 5) is 12.9. The van der Waals surface area contributed by atoms with E-state index in [4.69, 9.17) is 9.52 Å². The van der Waals surface area contributed by atoms with Crippen LogP contribution in [0, 0.1) is 5.41 Å². The van der Waals surface area contributed by atoms with Gasteiger partial charge in [-0.2, -0.15) is 0 Å². The molecule has 0 bridgehead atoms. The van der Waals surface area contributed by atoms with Crippen LogP contribution in [0.1, 0.15) is 19.4 Å². The first kappa shape index (κ1) is 11.8. The first-order valence-electron chi connectivity index (χ1n) is 4.85. The average molecular weight is 211 g/mol. The lowest BCUT2D eigenvalue weighted by Crippen LogP contribution is -2.36. The van der Waals surface area contributed by atoms with E-state index in [1.807, 2.05) is 18.0 Å². The van der Waals surface area contributed by atoms with Crippen LogP contribution in [0.3, 0.4) is 0 Å². The number of nitrogens with zero attached hydrogens (tertiary/aromatic N) is 1. The van der Waals surface area contributed by atoms with Gasteiger partial charge in [-0.3, -0.25) is 4.79 Å². The molecule has 0 aliphatic rings. The third-order valence-electron chi connectivity index (χ3n) is 2.28. The van der Waals surface area contributed by atoms with Crippen LogP contribution in [0.25, 0.3) is 0 Å². The Morgan fingerprint density at radius 1 is 1.60 bits per heavy atom. The molecule has 0 unspecified atom stereocenters. The Bertz CT molecular complexity index is 317. The Hall–Kier alpha value is -1.29. The van der Waals surface area contributed by atoms with Gasteiger partial charge in [0.2, 0.25) is 0 Å². The SMILES string of the molecule is CN(Cc1ccoc1)CC(C)(C)C(=O)O. The number of aliphatic carboxylic acids is 1. The van der Waals surface area contributed by atoms with Crippen molar-refractivity contribution < 1.29 is 14.3 Å². The van der Waals surface area contributed by atoms with Crippen molar-refractivity contribution in [1.82, 2.24) is 4.90 Å². The van der Waals surface area contributed by atoms with E-state index < -0.39 is 11.4 Å². The lowest BCUT2D eigenvalue weighted by atomic mass is 9.93. The van der Waals surface area contributed by atoms with Gasteiger partial charge in [-0.05, 0) is 27.0 Å². The standard InChI is InChI=1S/C11H17NO3/c1-11(2,10(13)14)8-12(3)6-9-4-5-15-7-9/h4-5,7H,6,8H2,1-3H3,(H,13,14). The van der Waals surface area contributed by atoms with E-state index in [1.54, 1.807) is 26.4 Å². The van der Waals surface area contributed by atoms with Crippen LogP contribution in [0.15, 0.2) is 23.0 Å². The van der Waals surface area contributed by atoms with E-state index in [2.05, 4.69) is 0 Å². The van der Waals surface area contributed by atoms with Crippen LogP contribution < -0.4 is 0 Å². The first-order chi connectivity index (χ1) is 6.92. The number of carbonyl (C=O) groups is 1. The molecule has 0 amide bonds. The summed E-state index contributed by atoms with van der Waals surface area (Å²) in [5.74, 6) is -0.776. The Morgan fingerprint density at radius 2 is 2.27 bits per heavy atom. The lowest BCUT2D eigenvalue weighted by Gasteiger charge is -2.26. The zero-order chi connectivity index (χ0) is 11.5. The first-order valence-corrected chi connectivity index (χ1v) is 4.85. The summed E-state index contributed by atoms with van der Waals surface area (Å²) in [7, 11) is 1.90. The zero-order valence-electron chi connectivity index (χ0n) is 9.36. The van der Waals surface area contributed by atoms with Crippen molar-refractivity contribution >= 4 is 5.97 Å². The van der Waals surface area contributed by atoms with E-state index in [0.29, 0.717) is 13.1 Å². The molecule has 0 atom stereocenters. The molecule has 0 aromatic carbocycles. The summed E-state index contributed by atoms with van der Waals surface area (Å²) in [5, 5.41) is 8.97. The van der Waals surface area contributed by atoms with E-state index in [-0.39, 0.29) is 0 Å². The molecule has 1 aromatic rings. The number of hydrogen-bond donors (Lipinski definition) is 1. The van der Waals surface area contributed by atoms with Crippen LogP contribution >= 0.6 is 0 Å². The minimum atomic E-state index is -0.776. The Labute approximate surface area is 89.5 Å². The molecule has 0 saturated heterocycles. The fourth-order valence-electron chi connectivity index (χ4n) is 1.49. The number of carboxylic acids is 1. The summed E-state index contributed by atoms with van der Waals surface area (Å²) in [6.07, 6.45) is 3.29. The quantitative estimate of drug-likeness (QED) is 0.807. The van der Waals surface area contributed by atoms with Crippen molar-refractivity contribution in [3.8, 4) is 0 Å². The monoisotopic (exact) mass is 211 g/mol. The molecule has 0 radical (unpaired) electrons. The highest BCUT2D eigenvalue weighted by Gasteiger charge is 2.28. The van der Waals surface area contributed by atoms with Crippen molar-refractivity contribution in [2.45, 2.75) is 20.4 Å². The minimum Gasteiger partial charge on any atom is -0.481 e. The van der Waals surface area contributed by atoms with Crippen molar-refractivity contribution in [2.24, 2.45) is 5.41 Å². The second kappa shape index (κ2) is 4.49. The van der Waals surface area contributed by atoms with Gasteiger partial charge in [0, 0.05) is 18.7 Å². The highest BCUT2D eigenvalue weighted by Crippen LogP contribution is 2.17. The molecule has 84 valence electrons. The third kappa shape index (κ3) is 3.40. The van der Waals surface area contributed by atoms with Crippen molar-refractivity contribution in [3.05, 3.63) is 24.2 Å². The molecule has 0 saturated carbocycles. The highest BCUT2D eigenvalue weighted by molar-refractivity contribution is 5.73. The summed E-state index contributed by atoms with van der Waals surface area (Å²) in [6, 6.07) is 1.88. The Balaban J connectivity index is 2.49. The largest absolute Gasteiger partial charge is 0.481 e. The number of hydrogen-bond acceptors (Lipinski definition) is 3. The number of rotatable bonds is 5. The molecular weight excluding hydrogens is 194 g/mol. The van der Waals surface area contributed by atoms with Gasteiger partial charge in [-0.25, -0.2) is 0 Å². The van der Waals surface area contributed by atoms with E-state index in [0.717, 1.165) is 5.56 Å². The van der Waals surface area contributed by atoms with Crippen LogP contribution in [-0.2, 0) is 11.3 Å². The summed E-state index contributed by atoms with van der Waals surface area (Å²) in [6.45, 7) is 4.66. The molecule has 15 heavy (non-hydrogen) atoms. The molecule has 1 rings (SSSR count). The van der Waals surface area contributed by atoms with E-state index >= 15 is 0 Å². The van der Waals surface area contributed by atoms with Gasteiger partial charge in [0.25, 0.3) is 0 Å². The molecule has 1 aromatic heterocycles. The van der Waals surface area contributed by atoms with Crippen molar-refractivity contribution in [3.63, 3.8) is 0 Å². The number of carboxylic acid groups (broad SMARTS) is 1. The second-order valence-corrected chi connectivity index (χ2v) is 4.49. The molecule has 0 fully saturated rings. The predicted octanol–water partition coefficient (Wildman–Crippen LogP) is 1.82. The average Bonchev–Trinajstić information content (AvgIpc) is 2.54. The molecule has 1 heterocycles. The fourth-order valence-corrected chi connectivity index (χ4v) is 1.49. The second-order valence-electron chi connectivity index (χ2n) is 4.49. The maximum Gasteiger partial charge on any atom is 0.310 e. The van der Waals surface area contributed by atoms with Crippen LogP contribution in [-0.4, -0.2) is 29.6 Å². The molecule has 4 heteroatoms. The molecule has 0 spiro atoms. The van der Waals surface area contributed by atoms with Gasteiger partial charge >= 0.3 is 5.97 Å². The third-order valence-corrected chi connectivity index (χ3v) is 2.28. The molecule has 0 aliphatic heterocycles. The van der Waals surface area contributed by atoms with Gasteiger partial charge in [0.15, 0.2) is 0 Å². The smallest absolute Gasteiger partial charge is 0.310 e. The fraction of sp³-hybridized carbons (Fsp3) is 0.545. The Kier molecular flexibility index (Phi) is 3.52. The highest BCUT2D eigenvalue weighted by atomic mass is 16.4. The normalized spacial score (nSPS) is 12.0. The zero-order valence-corrected chi connectivity index (χ0v) is 9.36. The van der Waals surface area contributed by atoms with Gasteiger partial charge < -0.3 is 14.4 Å². The van der Waals surface area contributed by atoms with Gasteiger partial charge in [0.05, 0.1) is 17.9 Å². The maximum absolute atomic E-state index is 10.9. The molecule has 0 aliphatic carbocycles. The van der Waals surface area contributed by atoms with Gasteiger partial charge in [-0.15, -0.1) is 0 Å². The van der Waals surface area contributed by atoms with E-state index in [1.165, 1.54) is 0 Å². The molecular formula is C11H17NO3. The van der Waals surface area contributed by atoms with Crippen LogP contribution in [0.5, 0.6) is 0 Å². The van der Waals surface area contributed by atoms with Gasteiger partial charge in [-0.1, -0.05) is 0 Å². The molecule has 1 N–H and O–H groups in total. The Morgan fingerprint density at radius 3 is 2.73 bits per heavy atom. The van der Waals surface area contributed by atoms with Gasteiger partial charge in [0.1, 0.15) is 0 Å². The summed E-state index contributed by atoms with van der Waals surface area (Å²) >= 11 is 0. The van der Waals surface area contributed by atoms with E-state index in [9.17, 15) is 4.79 Å². The van der Waals surface area contributed by atoms with Crippen molar-refractivity contribution in [2.75, 3.05) is 13.6 Å². The lowest BCUT2D eigenvalue weighted by molar-refractivity contribution is -0.147. The maximum atomic E-state index is 10.9. The van der Waals surface area contributed by atoms with Crippen LogP contribution in [0.2, 0.25) is 0 Å². The summed E-state index contributed by atoms with van der Waals surface area (Å²) < 4.78 is 4.95.